The number of carbonyl (C=O) groups excluding carboxylic acids is 1. The van der Waals surface area contributed by atoms with Crippen molar-refractivity contribution < 1.29 is 24.2 Å². The Balaban J connectivity index is 1.31. The fourth-order valence-electron chi connectivity index (χ4n) is 4.26. The molecule has 0 spiro atoms. The molecule has 0 fully saturated rings. The van der Waals surface area contributed by atoms with Crippen molar-refractivity contribution in [1.29, 1.82) is 5.26 Å². The smallest absolute Gasteiger partial charge is 0.311 e. The first-order chi connectivity index (χ1) is 18.0. The van der Waals surface area contributed by atoms with Crippen LogP contribution in [0, 0.1) is 11.3 Å². The van der Waals surface area contributed by atoms with Crippen LogP contribution in [0.2, 0.25) is 0 Å². The van der Waals surface area contributed by atoms with Gasteiger partial charge in [0.15, 0.2) is 0 Å². The number of aliphatic carboxylic acids is 1. The molecule has 0 bridgehead atoms. The summed E-state index contributed by atoms with van der Waals surface area (Å²) in [7, 11) is 0. The minimum absolute atomic E-state index is 0.204. The molecular weight excluding hydrogens is 468 g/mol. The topological polar surface area (TPSA) is 109 Å². The van der Waals surface area contributed by atoms with Crippen molar-refractivity contribution in [3.8, 4) is 34.4 Å². The molecule has 1 amide bonds. The molecule has 0 aliphatic carbocycles. The van der Waals surface area contributed by atoms with Gasteiger partial charge >= 0.3 is 5.97 Å². The number of nitriles is 1. The number of benzene rings is 4. The lowest BCUT2D eigenvalue weighted by molar-refractivity contribution is -0.139. The molecule has 1 unspecified atom stereocenters. The maximum Gasteiger partial charge on any atom is 0.311 e. The van der Waals surface area contributed by atoms with E-state index in [1.165, 1.54) is 6.07 Å². The van der Waals surface area contributed by atoms with E-state index in [0.29, 0.717) is 34.7 Å². The Kier molecular flexibility index (Phi) is 6.56. The molecule has 0 saturated heterocycles. The number of fused-ring (bicyclic) bond motifs is 1. The number of hydrogen-bond acceptors (Lipinski definition) is 5. The summed E-state index contributed by atoms with van der Waals surface area (Å²) in [6.45, 7) is 0.271. The summed E-state index contributed by atoms with van der Waals surface area (Å²) < 4.78 is 11.5. The number of carbonyl (C=O) groups is 2. The number of anilines is 1. The third kappa shape index (κ3) is 5.14. The van der Waals surface area contributed by atoms with Gasteiger partial charge in [0.2, 0.25) is 0 Å². The van der Waals surface area contributed by atoms with Gasteiger partial charge < -0.3 is 19.9 Å². The van der Waals surface area contributed by atoms with Crippen LogP contribution in [0.4, 0.5) is 5.69 Å². The van der Waals surface area contributed by atoms with E-state index < -0.39 is 11.9 Å². The van der Waals surface area contributed by atoms with Gasteiger partial charge in [0.05, 0.1) is 18.1 Å². The number of rotatable bonds is 6. The van der Waals surface area contributed by atoms with Gasteiger partial charge in [-0.2, -0.15) is 5.26 Å². The van der Waals surface area contributed by atoms with Crippen molar-refractivity contribution in [1.82, 2.24) is 0 Å². The zero-order valence-electron chi connectivity index (χ0n) is 19.7. The summed E-state index contributed by atoms with van der Waals surface area (Å²) in [6, 6.07) is 29.2. The third-order valence-electron chi connectivity index (χ3n) is 6.14. The van der Waals surface area contributed by atoms with Crippen molar-refractivity contribution in [3.05, 3.63) is 108 Å². The van der Waals surface area contributed by atoms with Crippen LogP contribution in [0.15, 0.2) is 91.0 Å². The van der Waals surface area contributed by atoms with Gasteiger partial charge in [-0.1, -0.05) is 42.5 Å². The van der Waals surface area contributed by atoms with Crippen LogP contribution < -0.4 is 14.8 Å². The first kappa shape index (κ1) is 23.6. The molecule has 4 aromatic rings. The molecule has 0 saturated carbocycles. The van der Waals surface area contributed by atoms with Gasteiger partial charge in [-0.15, -0.1) is 0 Å². The summed E-state index contributed by atoms with van der Waals surface area (Å²) in [6.07, 6.45) is 0.341. The Morgan fingerprint density at radius 3 is 2.43 bits per heavy atom. The number of carboxylic acid groups (broad SMARTS) is 1. The molecule has 0 radical (unpaired) electrons. The first-order valence-corrected chi connectivity index (χ1v) is 11.7. The van der Waals surface area contributed by atoms with Crippen LogP contribution >= 0.6 is 0 Å². The summed E-state index contributed by atoms with van der Waals surface area (Å²) in [5, 5.41) is 22.0. The highest BCUT2D eigenvalue weighted by Gasteiger charge is 2.29. The van der Waals surface area contributed by atoms with Gasteiger partial charge in [-0.3, -0.25) is 9.59 Å². The standard InChI is InChI=1S/C30H22N2O5/c31-18-22-16-26-25(30(34)35)13-14-36-28(26)17-27(22)37-24-11-9-20(10-12-24)29(33)32-23-8-4-7-21(15-23)19-5-2-1-3-6-19/h1-12,15-17,25H,13-14H2,(H,32,33)(H,34,35). The van der Waals surface area contributed by atoms with E-state index in [2.05, 4.69) is 11.4 Å². The van der Waals surface area contributed by atoms with Crippen LogP contribution in [0.3, 0.4) is 0 Å². The van der Waals surface area contributed by atoms with Crippen molar-refractivity contribution in [2.75, 3.05) is 11.9 Å². The second kappa shape index (κ2) is 10.3. The lowest BCUT2D eigenvalue weighted by Crippen LogP contribution is -2.21. The van der Waals surface area contributed by atoms with Gasteiger partial charge in [0.25, 0.3) is 5.91 Å². The van der Waals surface area contributed by atoms with Crippen LogP contribution in [0.1, 0.15) is 33.8 Å². The Hall–Kier alpha value is -5.09. The van der Waals surface area contributed by atoms with E-state index in [9.17, 15) is 20.0 Å². The van der Waals surface area contributed by atoms with Crippen molar-refractivity contribution in [2.45, 2.75) is 12.3 Å². The molecule has 7 heteroatoms. The minimum Gasteiger partial charge on any atom is -0.493 e. The Labute approximate surface area is 213 Å². The lowest BCUT2D eigenvalue weighted by Gasteiger charge is -2.24. The number of amides is 1. The second-order valence-electron chi connectivity index (χ2n) is 8.55. The van der Waals surface area contributed by atoms with Gasteiger partial charge in [-0.05, 0) is 60.0 Å². The van der Waals surface area contributed by atoms with Crippen LogP contribution in [0.5, 0.6) is 17.2 Å². The predicted octanol–water partition coefficient (Wildman–Crippen LogP) is 6.22. The highest BCUT2D eigenvalue weighted by Crippen LogP contribution is 2.39. The summed E-state index contributed by atoms with van der Waals surface area (Å²) in [4.78, 5) is 24.4. The molecule has 5 rings (SSSR count). The molecule has 182 valence electrons. The highest BCUT2D eigenvalue weighted by molar-refractivity contribution is 6.04. The third-order valence-corrected chi connectivity index (χ3v) is 6.14. The molecule has 7 nitrogen and oxygen atoms in total. The Morgan fingerprint density at radius 2 is 1.70 bits per heavy atom. The summed E-state index contributed by atoms with van der Waals surface area (Å²) >= 11 is 0. The maximum atomic E-state index is 12.8. The Morgan fingerprint density at radius 1 is 0.946 bits per heavy atom. The average molecular weight is 491 g/mol. The molecule has 4 aromatic carbocycles. The van der Waals surface area contributed by atoms with E-state index in [4.69, 9.17) is 9.47 Å². The number of hydrogen-bond donors (Lipinski definition) is 2. The van der Waals surface area contributed by atoms with E-state index in [1.54, 1.807) is 30.3 Å². The molecule has 1 aliphatic rings. The number of nitrogens with one attached hydrogen (secondary N) is 1. The molecule has 1 heterocycles. The molecular formula is C30H22N2O5. The first-order valence-electron chi connectivity index (χ1n) is 11.7. The highest BCUT2D eigenvalue weighted by atomic mass is 16.5. The molecule has 37 heavy (non-hydrogen) atoms. The number of nitrogens with zero attached hydrogens (tertiary/aromatic N) is 1. The SMILES string of the molecule is N#Cc1cc2c(cc1Oc1ccc(C(=O)Nc3cccc(-c4ccccc4)c3)cc1)OCCC2C(=O)O. The van der Waals surface area contributed by atoms with Crippen molar-refractivity contribution in [3.63, 3.8) is 0 Å². The van der Waals surface area contributed by atoms with Crippen LogP contribution in [-0.4, -0.2) is 23.6 Å². The van der Waals surface area contributed by atoms with Crippen LogP contribution in [0.25, 0.3) is 11.1 Å². The monoisotopic (exact) mass is 490 g/mol. The van der Waals surface area contributed by atoms with Crippen molar-refractivity contribution >= 4 is 17.6 Å². The largest absolute Gasteiger partial charge is 0.493 e. The van der Waals surface area contributed by atoms with Crippen molar-refractivity contribution in [2.24, 2.45) is 0 Å². The van der Waals surface area contributed by atoms with E-state index in [-0.39, 0.29) is 23.8 Å². The minimum atomic E-state index is -0.956. The number of carboxylic acids is 1. The molecule has 2 N–H and O–H groups in total. The zero-order valence-corrected chi connectivity index (χ0v) is 19.7. The number of ether oxygens (including phenoxy) is 2. The van der Waals surface area contributed by atoms with E-state index in [0.717, 1.165) is 11.1 Å². The van der Waals surface area contributed by atoms with Gasteiger partial charge in [0.1, 0.15) is 23.3 Å². The van der Waals surface area contributed by atoms with Gasteiger partial charge in [-0.25, -0.2) is 0 Å². The Bertz CT molecular complexity index is 1510. The molecule has 1 aliphatic heterocycles. The van der Waals surface area contributed by atoms with E-state index in [1.807, 2.05) is 54.6 Å². The molecule has 0 aromatic heterocycles. The quantitative estimate of drug-likeness (QED) is 0.332. The summed E-state index contributed by atoms with van der Waals surface area (Å²) in [5.41, 5.74) is 3.85. The maximum absolute atomic E-state index is 12.8. The zero-order chi connectivity index (χ0) is 25.8. The lowest BCUT2D eigenvalue weighted by atomic mass is 9.91. The predicted molar refractivity (Wildman–Crippen MR) is 138 cm³/mol. The van der Waals surface area contributed by atoms with E-state index >= 15 is 0 Å². The average Bonchev–Trinajstić information content (AvgIpc) is 2.93. The normalized spacial score (nSPS) is 14.0. The fourth-order valence-corrected chi connectivity index (χ4v) is 4.26. The fraction of sp³-hybridized carbons (Fsp3) is 0.100. The summed E-state index contributed by atoms with van der Waals surface area (Å²) in [5.74, 6) is -0.886. The van der Waals surface area contributed by atoms with Gasteiger partial charge in [0, 0.05) is 22.9 Å². The van der Waals surface area contributed by atoms with Crippen LogP contribution in [-0.2, 0) is 4.79 Å². The second-order valence-corrected chi connectivity index (χ2v) is 8.55. The molecule has 1 atom stereocenters.